The summed E-state index contributed by atoms with van der Waals surface area (Å²) >= 11 is 0. The topological polar surface area (TPSA) is 21.3 Å². The van der Waals surface area contributed by atoms with Gasteiger partial charge in [-0.2, -0.15) is 0 Å². The van der Waals surface area contributed by atoms with E-state index in [2.05, 4.69) is 24.4 Å². The molecule has 2 nitrogen and oxygen atoms in total. The van der Waals surface area contributed by atoms with Gasteiger partial charge in [-0.3, -0.25) is 0 Å². The van der Waals surface area contributed by atoms with E-state index in [1.54, 1.807) is 6.07 Å². The Morgan fingerprint density at radius 3 is 2.48 bits per heavy atom. The SMILES string of the molecule is CCOc1ccc(C(C)NCCc2ccccc2F)cc1. The molecule has 0 amide bonds. The third-order valence-corrected chi connectivity index (χ3v) is 3.49. The first-order valence-corrected chi connectivity index (χ1v) is 7.40. The van der Waals surface area contributed by atoms with Crippen LogP contribution in [0.3, 0.4) is 0 Å². The molecule has 0 aromatic heterocycles. The third-order valence-electron chi connectivity index (χ3n) is 3.49. The molecule has 1 unspecified atom stereocenters. The summed E-state index contributed by atoms with van der Waals surface area (Å²) in [5.74, 6) is 0.757. The van der Waals surface area contributed by atoms with E-state index in [9.17, 15) is 4.39 Å². The first-order chi connectivity index (χ1) is 10.2. The van der Waals surface area contributed by atoms with Crippen molar-refractivity contribution in [3.05, 3.63) is 65.5 Å². The van der Waals surface area contributed by atoms with Gasteiger partial charge in [0.1, 0.15) is 11.6 Å². The van der Waals surface area contributed by atoms with Crippen molar-refractivity contribution in [1.82, 2.24) is 5.32 Å². The Morgan fingerprint density at radius 2 is 1.81 bits per heavy atom. The molecule has 2 aromatic rings. The third kappa shape index (κ3) is 4.57. The molecule has 2 rings (SSSR count). The lowest BCUT2D eigenvalue weighted by molar-refractivity contribution is 0.340. The van der Waals surface area contributed by atoms with Crippen LogP contribution in [0.15, 0.2) is 48.5 Å². The highest BCUT2D eigenvalue weighted by Gasteiger charge is 2.06. The molecular formula is C18H22FNO. The average molecular weight is 287 g/mol. The molecule has 112 valence electrons. The van der Waals surface area contributed by atoms with E-state index < -0.39 is 0 Å². The average Bonchev–Trinajstić information content (AvgIpc) is 2.50. The lowest BCUT2D eigenvalue weighted by atomic mass is 10.1. The molecule has 21 heavy (non-hydrogen) atoms. The summed E-state index contributed by atoms with van der Waals surface area (Å²) in [6, 6.07) is 15.2. The van der Waals surface area contributed by atoms with Crippen LogP contribution < -0.4 is 10.1 Å². The van der Waals surface area contributed by atoms with Crippen molar-refractivity contribution in [1.29, 1.82) is 0 Å². The summed E-state index contributed by atoms with van der Waals surface area (Å²) in [7, 11) is 0. The van der Waals surface area contributed by atoms with Crippen LogP contribution in [0.2, 0.25) is 0 Å². The van der Waals surface area contributed by atoms with Gasteiger partial charge in [0.15, 0.2) is 0 Å². The fraction of sp³-hybridized carbons (Fsp3) is 0.333. The Bertz CT molecular complexity index is 553. The van der Waals surface area contributed by atoms with Crippen LogP contribution in [0.4, 0.5) is 4.39 Å². The Kier molecular flexibility index (Phi) is 5.76. The largest absolute Gasteiger partial charge is 0.494 e. The van der Waals surface area contributed by atoms with Crippen molar-refractivity contribution in [2.24, 2.45) is 0 Å². The van der Waals surface area contributed by atoms with Gasteiger partial charge in [0.05, 0.1) is 6.61 Å². The molecule has 0 aliphatic rings. The minimum absolute atomic E-state index is 0.131. The highest BCUT2D eigenvalue weighted by molar-refractivity contribution is 5.29. The van der Waals surface area contributed by atoms with Gasteiger partial charge in [0.25, 0.3) is 0 Å². The fourth-order valence-corrected chi connectivity index (χ4v) is 2.26. The molecule has 1 N–H and O–H groups in total. The number of nitrogens with one attached hydrogen (secondary N) is 1. The summed E-state index contributed by atoms with van der Waals surface area (Å²) in [6.45, 7) is 5.50. The Balaban J connectivity index is 1.84. The zero-order valence-corrected chi connectivity index (χ0v) is 12.6. The second-order valence-corrected chi connectivity index (χ2v) is 5.02. The first-order valence-electron chi connectivity index (χ1n) is 7.40. The molecule has 0 heterocycles. The smallest absolute Gasteiger partial charge is 0.126 e. The van der Waals surface area contributed by atoms with Crippen LogP contribution in [0, 0.1) is 5.82 Å². The van der Waals surface area contributed by atoms with Gasteiger partial charge in [-0.25, -0.2) is 4.39 Å². The number of halogens is 1. The molecule has 0 radical (unpaired) electrons. The maximum Gasteiger partial charge on any atom is 0.126 e. The van der Waals surface area contributed by atoms with Crippen LogP contribution in [-0.4, -0.2) is 13.2 Å². The number of hydrogen-bond acceptors (Lipinski definition) is 2. The van der Waals surface area contributed by atoms with Crippen LogP contribution in [0.25, 0.3) is 0 Å². The summed E-state index contributed by atoms with van der Waals surface area (Å²) in [4.78, 5) is 0. The predicted octanol–water partition coefficient (Wildman–Crippen LogP) is 4.12. The molecule has 0 saturated carbocycles. The van der Waals surface area contributed by atoms with Gasteiger partial charge in [-0.1, -0.05) is 30.3 Å². The quantitative estimate of drug-likeness (QED) is 0.827. The monoisotopic (exact) mass is 287 g/mol. The van der Waals surface area contributed by atoms with Gasteiger partial charge in [-0.05, 0) is 56.1 Å². The second kappa shape index (κ2) is 7.79. The molecule has 1 atom stereocenters. The first kappa shape index (κ1) is 15.5. The van der Waals surface area contributed by atoms with Crippen LogP contribution >= 0.6 is 0 Å². The standard InChI is InChI=1S/C18H22FNO/c1-3-21-17-10-8-15(9-11-17)14(2)20-13-12-16-6-4-5-7-18(16)19/h4-11,14,20H,3,12-13H2,1-2H3. The van der Waals surface area contributed by atoms with E-state index in [-0.39, 0.29) is 11.9 Å². The second-order valence-electron chi connectivity index (χ2n) is 5.02. The van der Waals surface area contributed by atoms with E-state index in [0.29, 0.717) is 13.0 Å². The number of benzene rings is 2. The number of rotatable bonds is 7. The minimum Gasteiger partial charge on any atom is -0.494 e. The zero-order chi connectivity index (χ0) is 15.1. The van der Waals surface area contributed by atoms with E-state index in [4.69, 9.17) is 4.74 Å². The van der Waals surface area contributed by atoms with Crippen molar-refractivity contribution in [3.8, 4) is 5.75 Å². The fourth-order valence-electron chi connectivity index (χ4n) is 2.26. The normalized spacial score (nSPS) is 12.1. The molecular weight excluding hydrogens is 265 g/mol. The molecule has 0 spiro atoms. The number of ether oxygens (including phenoxy) is 1. The van der Waals surface area contributed by atoms with Crippen LogP contribution in [0.1, 0.15) is 31.0 Å². The highest BCUT2D eigenvalue weighted by atomic mass is 19.1. The zero-order valence-electron chi connectivity index (χ0n) is 12.6. The lowest BCUT2D eigenvalue weighted by Gasteiger charge is -2.15. The van der Waals surface area contributed by atoms with Gasteiger partial charge in [-0.15, -0.1) is 0 Å². The summed E-state index contributed by atoms with van der Waals surface area (Å²) in [6.07, 6.45) is 0.689. The van der Waals surface area contributed by atoms with E-state index in [0.717, 1.165) is 17.9 Å². The van der Waals surface area contributed by atoms with E-state index >= 15 is 0 Å². The molecule has 0 bridgehead atoms. The summed E-state index contributed by atoms with van der Waals surface area (Å²) in [5, 5.41) is 3.42. The van der Waals surface area contributed by atoms with Crippen molar-refractivity contribution >= 4 is 0 Å². The van der Waals surface area contributed by atoms with Crippen molar-refractivity contribution in [2.45, 2.75) is 26.3 Å². The van der Waals surface area contributed by atoms with Crippen molar-refractivity contribution in [2.75, 3.05) is 13.2 Å². The Labute approximate surface area is 126 Å². The maximum atomic E-state index is 13.5. The Hall–Kier alpha value is -1.87. The van der Waals surface area contributed by atoms with Crippen LogP contribution in [-0.2, 0) is 6.42 Å². The van der Waals surface area contributed by atoms with Crippen molar-refractivity contribution in [3.63, 3.8) is 0 Å². The summed E-state index contributed by atoms with van der Waals surface area (Å²) in [5.41, 5.74) is 1.95. The van der Waals surface area contributed by atoms with E-state index in [1.807, 2.05) is 31.2 Å². The van der Waals surface area contributed by atoms with Crippen LogP contribution in [0.5, 0.6) is 5.75 Å². The van der Waals surface area contributed by atoms with Gasteiger partial charge < -0.3 is 10.1 Å². The lowest BCUT2D eigenvalue weighted by Crippen LogP contribution is -2.21. The van der Waals surface area contributed by atoms with Crippen molar-refractivity contribution < 1.29 is 9.13 Å². The molecule has 0 fully saturated rings. The van der Waals surface area contributed by atoms with E-state index in [1.165, 1.54) is 11.6 Å². The molecule has 2 aromatic carbocycles. The van der Waals surface area contributed by atoms with Gasteiger partial charge in [0, 0.05) is 6.04 Å². The Morgan fingerprint density at radius 1 is 1.10 bits per heavy atom. The molecule has 0 aliphatic carbocycles. The predicted molar refractivity (Wildman–Crippen MR) is 84.1 cm³/mol. The maximum absolute atomic E-state index is 13.5. The van der Waals surface area contributed by atoms with Gasteiger partial charge >= 0.3 is 0 Å². The number of hydrogen-bond donors (Lipinski definition) is 1. The highest BCUT2D eigenvalue weighted by Crippen LogP contribution is 2.17. The van der Waals surface area contributed by atoms with Gasteiger partial charge in [0.2, 0.25) is 0 Å². The molecule has 0 saturated heterocycles. The summed E-state index contributed by atoms with van der Waals surface area (Å²) < 4.78 is 18.9. The molecule has 0 aliphatic heterocycles. The molecule has 3 heteroatoms. The minimum atomic E-state index is -0.131.